The Kier molecular flexibility index (Phi) is 3.89. The summed E-state index contributed by atoms with van der Waals surface area (Å²) in [5, 5.41) is 3.55. The van der Waals surface area contributed by atoms with Crippen LogP contribution in [0.3, 0.4) is 0 Å². The number of alkyl halides is 3. The lowest BCUT2D eigenvalue weighted by atomic mass is 9.85. The van der Waals surface area contributed by atoms with Gasteiger partial charge in [-0.25, -0.2) is 4.98 Å². The van der Waals surface area contributed by atoms with Gasteiger partial charge in [-0.05, 0) is 36.5 Å². The van der Waals surface area contributed by atoms with Crippen molar-refractivity contribution in [2.75, 3.05) is 6.61 Å². The molecule has 0 amide bonds. The first-order chi connectivity index (χ1) is 9.99. The monoisotopic (exact) mass is 298 g/mol. The van der Waals surface area contributed by atoms with Gasteiger partial charge in [0.05, 0.1) is 0 Å². The SMILES string of the molecule is FC(F)(F)COc1ccc(C2=CC3CCCC(C2)N3)cn1. The maximum Gasteiger partial charge on any atom is 0.422 e. The molecule has 2 aliphatic rings. The van der Waals surface area contributed by atoms with Crippen LogP contribution in [0, 0.1) is 0 Å². The molecular weight excluding hydrogens is 281 g/mol. The summed E-state index contributed by atoms with van der Waals surface area (Å²) < 4.78 is 40.8. The van der Waals surface area contributed by atoms with Crippen LogP contribution in [0.5, 0.6) is 5.88 Å². The summed E-state index contributed by atoms with van der Waals surface area (Å²) in [6.45, 7) is -1.31. The molecule has 2 atom stereocenters. The first-order valence-electron chi connectivity index (χ1n) is 7.12. The fraction of sp³-hybridized carbons (Fsp3) is 0.533. The number of piperidine rings is 1. The Balaban J connectivity index is 1.68. The number of aromatic nitrogens is 1. The van der Waals surface area contributed by atoms with Gasteiger partial charge in [0.25, 0.3) is 0 Å². The number of nitrogens with one attached hydrogen (secondary N) is 1. The quantitative estimate of drug-likeness (QED) is 0.929. The van der Waals surface area contributed by atoms with Crippen molar-refractivity contribution in [2.24, 2.45) is 0 Å². The van der Waals surface area contributed by atoms with Crippen molar-refractivity contribution in [3.05, 3.63) is 30.0 Å². The predicted molar refractivity (Wildman–Crippen MR) is 72.9 cm³/mol. The Morgan fingerprint density at radius 3 is 2.81 bits per heavy atom. The molecule has 3 heterocycles. The van der Waals surface area contributed by atoms with Gasteiger partial charge in [0, 0.05) is 24.3 Å². The number of hydrogen-bond donors (Lipinski definition) is 1. The summed E-state index contributed by atoms with van der Waals surface area (Å²) in [4.78, 5) is 3.97. The van der Waals surface area contributed by atoms with E-state index in [4.69, 9.17) is 0 Å². The molecule has 3 nitrogen and oxygen atoms in total. The molecule has 0 radical (unpaired) electrons. The maximum atomic E-state index is 12.1. The summed E-state index contributed by atoms with van der Waals surface area (Å²) in [6, 6.07) is 4.20. The second kappa shape index (κ2) is 5.67. The first kappa shape index (κ1) is 14.4. The summed E-state index contributed by atoms with van der Waals surface area (Å²) in [5.74, 6) is 0.00537. The molecule has 0 spiro atoms. The summed E-state index contributed by atoms with van der Waals surface area (Å²) in [6.07, 6.45) is 3.97. The number of rotatable bonds is 3. The maximum absolute atomic E-state index is 12.1. The largest absolute Gasteiger partial charge is 0.468 e. The molecule has 1 aromatic rings. The van der Waals surface area contributed by atoms with Gasteiger partial charge in [-0.15, -0.1) is 0 Å². The second-order valence-electron chi connectivity index (χ2n) is 5.59. The van der Waals surface area contributed by atoms with Gasteiger partial charge in [-0.1, -0.05) is 12.5 Å². The van der Waals surface area contributed by atoms with E-state index < -0.39 is 12.8 Å². The number of fused-ring (bicyclic) bond motifs is 2. The average molecular weight is 298 g/mol. The minimum Gasteiger partial charge on any atom is -0.468 e. The van der Waals surface area contributed by atoms with Crippen molar-refractivity contribution in [1.82, 2.24) is 10.3 Å². The molecule has 1 N–H and O–H groups in total. The van der Waals surface area contributed by atoms with E-state index in [9.17, 15) is 13.2 Å². The lowest BCUT2D eigenvalue weighted by Crippen LogP contribution is -2.44. The minimum absolute atomic E-state index is 0.00537. The molecule has 6 heteroatoms. The van der Waals surface area contributed by atoms with E-state index in [1.54, 1.807) is 12.3 Å². The summed E-state index contributed by atoms with van der Waals surface area (Å²) in [7, 11) is 0. The highest BCUT2D eigenvalue weighted by atomic mass is 19.4. The number of nitrogens with zero attached hydrogens (tertiary/aromatic N) is 1. The highest BCUT2D eigenvalue weighted by Crippen LogP contribution is 2.31. The highest BCUT2D eigenvalue weighted by molar-refractivity contribution is 5.67. The lowest BCUT2D eigenvalue weighted by molar-refractivity contribution is -0.154. The normalized spacial score (nSPS) is 25.4. The van der Waals surface area contributed by atoms with Gasteiger partial charge >= 0.3 is 6.18 Å². The van der Waals surface area contributed by atoms with Crippen LogP contribution in [0.15, 0.2) is 24.4 Å². The van der Waals surface area contributed by atoms with Gasteiger partial charge in [0.2, 0.25) is 5.88 Å². The van der Waals surface area contributed by atoms with E-state index in [0.29, 0.717) is 12.1 Å². The fourth-order valence-corrected chi connectivity index (χ4v) is 2.95. The zero-order valence-electron chi connectivity index (χ0n) is 11.5. The zero-order chi connectivity index (χ0) is 14.9. The average Bonchev–Trinajstić information content (AvgIpc) is 2.44. The van der Waals surface area contributed by atoms with Crippen LogP contribution in [0.4, 0.5) is 13.2 Å². The molecule has 3 rings (SSSR count). The number of pyridine rings is 1. The zero-order valence-corrected chi connectivity index (χ0v) is 11.5. The van der Waals surface area contributed by atoms with Crippen LogP contribution in [-0.2, 0) is 0 Å². The van der Waals surface area contributed by atoms with Crippen molar-refractivity contribution >= 4 is 5.57 Å². The molecule has 1 saturated heterocycles. The van der Waals surface area contributed by atoms with E-state index >= 15 is 0 Å². The van der Waals surface area contributed by atoms with Crippen LogP contribution in [-0.4, -0.2) is 29.9 Å². The standard InChI is InChI=1S/C15H17F3N2O/c16-15(17,18)9-21-14-5-4-10(8-19-14)11-6-12-2-1-3-13(7-11)20-12/h4-6,8,12-13,20H,1-3,7,9H2. The van der Waals surface area contributed by atoms with E-state index in [-0.39, 0.29) is 5.88 Å². The Hall–Kier alpha value is -1.56. The molecule has 0 aliphatic carbocycles. The van der Waals surface area contributed by atoms with Gasteiger partial charge in [0.15, 0.2) is 6.61 Å². The van der Waals surface area contributed by atoms with Crippen molar-refractivity contribution in [3.8, 4) is 5.88 Å². The van der Waals surface area contributed by atoms with Gasteiger partial charge < -0.3 is 10.1 Å². The molecule has 0 aromatic carbocycles. The smallest absolute Gasteiger partial charge is 0.422 e. The van der Waals surface area contributed by atoms with Crippen molar-refractivity contribution in [3.63, 3.8) is 0 Å². The number of hydrogen-bond acceptors (Lipinski definition) is 3. The second-order valence-corrected chi connectivity index (χ2v) is 5.59. The van der Waals surface area contributed by atoms with E-state index in [1.165, 1.54) is 24.5 Å². The van der Waals surface area contributed by atoms with Crippen molar-refractivity contribution < 1.29 is 17.9 Å². The third-order valence-electron chi connectivity index (χ3n) is 3.88. The van der Waals surface area contributed by atoms with Crippen molar-refractivity contribution in [1.29, 1.82) is 0 Å². The molecule has 21 heavy (non-hydrogen) atoms. The molecule has 2 aliphatic heterocycles. The molecule has 0 saturated carbocycles. The minimum atomic E-state index is -4.34. The van der Waals surface area contributed by atoms with E-state index in [1.807, 2.05) is 0 Å². The van der Waals surface area contributed by atoms with Crippen molar-refractivity contribution in [2.45, 2.75) is 43.9 Å². The Bertz CT molecular complexity index is 525. The third kappa shape index (κ3) is 3.75. The van der Waals surface area contributed by atoms with Crippen LogP contribution in [0.25, 0.3) is 5.57 Å². The molecule has 2 unspecified atom stereocenters. The van der Waals surface area contributed by atoms with E-state index in [2.05, 4.69) is 21.1 Å². The Morgan fingerprint density at radius 1 is 1.29 bits per heavy atom. The van der Waals surface area contributed by atoms with Crippen LogP contribution in [0.1, 0.15) is 31.2 Å². The number of halogens is 3. The lowest BCUT2D eigenvalue weighted by Gasteiger charge is -2.35. The fourth-order valence-electron chi connectivity index (χ4n) is 2.95. The summed E-state index contributed by atoms with van der Waals surface area (Å²) in [5.41, 5.74) is 2.19. The van der Waals surface area contributed by atoms with Crippen LogP contribution in [0.2, 0.25) is 0 Å². The van der Waals surface area contributed by atoms with Crippen LogP contribution >= 0.6 is 0 Å². The molecule has 2 bridgehead atoms. The highest BCUT2D eigenvalue weighted by Gasteiger charge is 2.29. The third-order valence-corrected chi connectivity index (χ3v) is 3.88. The summed E-state index contributed by atoms with van der Waals surface area (Å²) >= 11 is 0. The number of ether oxygens (including phenoxy) is 1. The Morgan fingerprint density at radius 2 is 2.14 bits per heavy atom. The topological polar surface area (TPSA) is 34.1 Å². The van der Waals surface area contributed by atoms with Gasteiger partial charge in [0.1, 0.15) is 0 Å². The Labute approximate surface area is 121 Å². The molecule has 1 aromatic heterocycles. The van der Waals surface area contributed by atoms with Crippen LogP contribution < -0.4 is 10.1 Å². The van der Waals surface area contributed by atoms with E-state index in [0.717, 1.165) is 18.4 Å². The molecule has 1 fully saturated rings. The molecule has 114 valence electrons. The van der Waals surface area contributed by atoms with Gasteiger partial charge in [-0.2, -0.15) is 13.2 Å². The predicted octanol–water partition coefficient (Wildman–Crippen LogP) is 3.32. The van der Waals surface area contributed by atoms with Gasteiger partial charge in [-0.3, -0.25) is 0 Å². The first-order valence-corrected chi connectivity index (χ1v) is 7.12. The molecular formula is C15H17F3N2O.